The number of hydrogen-bond acceptors (Lipinski definition) is 6. The van der Waals surface area contributed by atoms with Gasteiger partial charge in [-0.05, 0) is 42.7 Å². The van der Waals surface area contributed by atoms with Crippen molar-refractivity contribution in [1.29, 1.82) is 0 Å². The molecule has 0 saturated heterocycles. The number of nitrogen functional groups attached to an aromatic ring is 2. The van der Waals surface area contributed by atoms with E-state index in [0.717, 1.165) is 37.7 Å². The average Bonchev–Trinajstić information content (AvgIpc) is 2.93. The molecule has 23 heavy (non-hydrogen) atoms. The Balaban J connectivity index is 1.70. The van der Waals surface area contributed by atoms with Crippen LogP contribution in [0.4, 0.5) is 11.8 Å². The Bertz CT molecular complexity index is 739. The highest BCUT2D eigenvalue weighted by molar-refractivity contribution is 7.12. The fraction of sp³-hybridized carbons (Fsp3) is 0.400. The van der Waals surface area contributed by atoms with E-state index in [1.54, 1.807) is 6.07 Å². The second-order valence-corrected chi connectivity index (χ2v) is 6.26. The second kappa shape index (κ2) is 7.77. The first kappa shape index (κ1) is 17.0. The molecule has 7 nitrogen and oxygen atoms in total. The highest BCUT2D eigenvalue weighted by atomic mass is 32.1. The molecule has 2 aromatic rings. The van der Waals surface area contributed by atoms with Gasteiger partial charge in [-0.2, -0.15) is 4.98 Å². The number of aromatic amines is 1. The number of rotatable bonds is 8. The van der Waals surface area contributed by atoms with Gasteiger partial charge < -0.3 is 16.6 Å². The van der Waals surface area contributed by atoms with Gasteiger partial charge in [-0.3, -0.25) is 9.78 Å². The van der Waals surface area contributed by atoms with Crippen LogP contribution in [0.2, 0.25) is 0 Å². The first-order valence-corrected chi connectivity index (χ1v) is 8.30. The number of H-pyrrole nitrogens is 1. The van der Waals surface area contributed by atoms with Gasteiger partial charge in [-0.25, -0.2) is 4.79 Å². The lowest BCUT2D eigenvalue weighted by atomic mass is 10.1. The molecular weight excluding hydrogens is 316 g/mol. The van der Waals surface area contributed by atoms with Gasteiger partial charge in [0.1, 0.15) is 10.7 Å². The maximum Gasteiger partial charge on any atom is 0.345 e. The molecule has 0 aromatic carbocycles. The molecule has 124 valence electrons. The highest BCUT2D eigenvalue weighted by Gasteiger charge is 2.08. The number of carbonyl (C=O) groups is 1. The summed E-state index contributed by atoms with van der Waals surface area (Å²) in [4.78, 5) is 29.2. The quantitative estimate of drug-likeness (QED) is 0.545. The molecule has 0 aliphatic carbocycles. The molecule has 2 heterocycles. The summed E-state index contributed by atoms with van der Waals surface area (Å²) in [7, 11) is 0. The van der Waals surface area contributed by atoms with E-state index in [1.807, 2.05) is 5.38 Å². The van der Waals surface area contributed by atoms with E-state index in [4.69, 9.17) is 16.6 Å². The molecular formula is C15H20N4O3S. The maximum absolute atomic E-state index is 11.7. The number of thiophene rings is 1. The minimum atomic E-state index is -0.874. The van der Waals surface area contributed by atoms with E-state index in [1.165, 1.54) is 11.3 Å². The number of carboxylic acids is 1. The monoisotopic (exact) mass is 336 g/mol. The summed E-state index contributed by atoms with van der Waals surface area (Å²) < 4.78 is 0. The predicted octanol–water partition coefficient (Wildman–Crippen LogP) is 2.04. The van der Waals surface area contributed by atoms with Crippen LogP contribution in [0.3, 0.4) is 0 Å². The minimum Gasteiger partial charge on any atom is -0.477 e. The standard InChI is InChI=1S/C15H20N4O3S/c16-12-10(13(20)19-15(17)18-12)6-4-2-1-3-5-9-7-11(14(21)22)23-8-9/h7-8H,1-6H2,(H,21,22)(H5,16,17,18,19,20). The third-order valence-electron chi connectivity index (χ3n) is 3.57. The van der Waals surface area contributed by atoms with Crippen molar-refractivity contribution in [3.05, 3.63) is 37.8 Å². The van der Waals surface area contributed by atoms with Crippen LogP contribution in [-0.4, -0.2) is 21.0 Å². The van der Waals surface area contributed by atoms with Crippen LogP contribution in [0.25, 0.3) is 0 Å². The number of carboxylic acid groups (broad SMARTS) is 1. The van der Waals surface area contributed by atoms with Crippen molar-refractivity contribution in [2.24, 2.45) is 0 Å². The normalized spacial score (nSPS) is 10.8. The molecule has 8 heteroatoms. The van der Waals surface area contributed by atoms with Gasteiger partial charge in [0, 0.05) is 0 Å². The van der Waals surface area contributed by atoms with Crippen LogP contribution in [-0.2, 0) is 12.8 Å². The molecule has 0 fully saturated rings. The van der Waals surface area contributed by atoms with E-state index >= 15 is 0 Å². The summed E-state index contributed by atoms with van der Waals surface area (Å²) in [5, 5.41) is 10.8. The van der Waals surface area contributed by atoms with E-state index < -0.39 is 5.97 Å². The number of aromatic nitrogens is 2. The molecule has 0 spiro atoms. The lowest BCUT2D eigenvalue weighted by molar-refractivity contribution is 0.0702. The first-order valence-electron chi connectivity index (χ1n) is 7.42. The average molecular weight is 336 g/mol. The van der Waals surface area contributed by atoms with Gasteiger partial charge in [0.05, 0.1) is 5.56 Å². The van der Waals surface area contributed by atoms with Crippen molar-refractivity contribution >= 4 is 29.1 Å². The van der Waals surface area contributed by atoms with Crippen LogP contribution >= 0.6 is 11.3 Å². The number of hydrogen-bond donors (Lipinski definition) is 4. The molecule has 0 atom stereocenters. The zero-order chi connectivity index (χ0) is 16.8. The Morgan fingerprint density at radius 3 is 2.52 bits per heavy atom. The molecule has 0 aliphatic heterocycles. The Hall–Kier alpha value is -2.35. The Labute approximate surface area is 137 Å². The van der Waals surface area contributed by atoms with Crippen LogP contribution < -0.4 is 17.0 Å². The van der Waals surface area contributed by atoms with Gasteiger partial charge in [0.2, 0.25) is 5.95 Å². The van der Waals surface area contributed by atoms with E-state index in [2.05, 4.69) is 9.97 Å². The van der Waals surface area contributed by atoms with Crippen molar-refractivity contribution in [2.75, 3.05) is 11.5 Å². The van der Waals surface area contributed by atoms with E-state index in [-0.39, 0.29) is 17.3 Å². The molecule has 0 aliphatic rings. The van der Waals surface area contributed by atoms with Crippen LogP contribution in [0.5, 0.6) is 0 Å². The van der Waals surface area contributed by atoms with Crippen LogP contribution in [0.1, 0.15) is 46.5 Å². The molecule has 2 rings (SSSR count). The van der Waals surface area contributed by atoms with Gasteiger partial charge >= 0.3 is 5.97 Å². The third kappa shape index (κ3) is 4.82. The molecule has 0 unspecified atom stereocenters. The van der Waals surface area contributed by atoms with Crippen molar-refractivity contribution in [3.8, 4) is 0 Å². The smallest absolute Gasteiger partial charge is 0.345 e. The molecule has 2 aromatic heterocycles. The largest absolute Gasteiger partial charge is 0.477 e. The summed E-state index contributed by atoms with van der Waals surface area (Å²) in [6, 6.07) is 1.73. The van der Waals surface area contributed by atoms with Gasteiger partial charge in [-0.15, -0.1) is 11.3 Å². The van der Waals surface area contributed by atoms with Gasteiger partial charge in [0.25, 0.3) is 5.56 Å². The number of nitrogens with two attached hydrogens (primary N) is 2. The third-order valence-corrected chi connectivity index (χ3v) is 4.54. The molecule has 6 N–H and O–H groups in total. The first-order chi connectivity index (χ1) is 11.0. The number of nitrogens with zero attached hydrogens (tertiary/aromatic N) is 1. The lowest BCUT2D eigenvalue weighted by Gasteiger charge is -2.04. The minimum absolute atomic E-state index is 0.0349. The Kier molecular flexibility index (Phi) is 5.75. The number of aromatic carboxylic acids is 1. The lowest BCUT2D eigenvalue weighted by Crippen LogP contribution is -2.19. The fourth-order valence-electron chi connectivity index (χ4n) is 2.38. The topological polar surface area (TPSA) is 135 Å². The van der Waals surface area contributed by atoms with Crippen LogP contribution in [0, 0.1) is 0 Å². The zero-order valence-corrected chi connectivity index (χ0v) is 13.5. The highest BCUT2D eigenvalue weighted by Crippen LogP contribution is 2.17. The van der Waals surface area contributed by atoms with E-state index in [0.29, 0.717) is 16.9 Å². The van der Waals surface area contributed by atoms with Gasteiger partial charge in [0.15, 0.2) is 0 Å². The van der Waals surface area contributed by atoms with Crippen molar-refractivity contribution in [3.63, 3.8) is 0 Å². The maximum atomic E-state index is 11.7. The van der Waals surface area contributed by atoms with Crippen LogP contribution in [0.15, 0.2) is 16.2 Å². The molecule has 0 radical (unpaired) electrons. The Morgan fingerprint density at radius 1 is 1.22 bits per heavy atom. The van der Waals surface area contributed by atoms with E-state index in [9.17, 15) is 9.59 Å². The summed E-state index contributed by atoms with van der Waals surface area (Å²) >= 11 is 1.26. The molecule has 0 saturated carbocycles. The number of unbranched alkanes of at least 4 members (excludes halogenated alkanes) is 3. The number of aryl methyl sites for hydroxylation is 1. The second-order valence-electron chi connectivity index (χ2n) is 5.35. The predicted molar refractivity (Wildman–Crippen MR) is 90.8 cm³/mol. The Morgan fingerprint density at radius 2 is 1.91 bits per heavy atom. The SMILES string of the molecule is Nc1nc(N)c(CCCCCCc2csc(C(=O)O)c2)c(=O)[nH]1. The number of nitrogens with one attached hydrogen (secondary N) is 1. The van der Waals surface area contributed by atoms with Crippen molar-refractivity contribution in [1.82, 2.24) is 9.97 Å². The van der Waals surface area contributed by atoms with Crippen molar-refractivity contribution in [2.45, 2.75) is 38.5 Å². The molecule has 0 bridgehead atoms. The fourth-order valence-corrected chi connectivity index (χ4v) is 3.16. The zero-order valence-electron chi connectivity index (χ0n) is 12.7. The summed E-state index contributed by atoms with van der Waals surface area (Å²) in [5.74, 6) is -0.639. The number of anilines is 2. The summed E-state index contributed by atoms with van der Waals surface area (Å²) in [5.41, 5.74) is 12.4. The summed E-state index contributed by atoms with van der Waals surface area (Å²) in [6.07, 6.45) is 5.27. The summed E-state index contributed by atoms with van der Waals surface area (Å²) in [6.45, 7) is 0. The van der Waals surface area contributed by atoms with Crippen molar-refractivity contribution < 1.29 is 9.90 Å². The molecule has 0 amide bonds. The van der Waals surface area contributed by atoms with Gasteiger partial charge in [-0.1, -0.05) is 12.8 Å².